The number of unbranched alkanes of at least 4 members (excludes halogenated alkanes) is 1. The average molecular weight is 319 g/mol. The normalized spacial score (nSPS) is 11.8. The zero-order valence-electron chi connectivity index (χ0n) is 11.0. The van der Waals surface area contributed by atoms with Gasteiger partial charge in [0, 0.05) is 0 Å². The van der Waals surface area contributed by atoms with Crippen molar-refractivity contribution in [2.75, 3.05) is 5.32 Å². The van der Waals surface area contributed by atoms with Crippen molar-refractivity contribution in [3.8, 4) is 0 Å². The Bertz CT molecular complexity index is 495. The Hall–Kier alpha value is -1.46. The third-order valence-electron chi connectivity index (χ3n) is 2.65. The van der Waals surface area contributed by atoms with Crippen molar-refractivity contribution in [2.45, 2.75) is 32.2 Å². The van der Waals surface area contributed by atoms with Gasteiger partial charge >= 0.3 is 12.0 Å². The molecule has 0 unspecified atom stereocenters. The van der Waals surface area contributed by atoms with Crippen molar-refractivity contribution >= 4 is 40.9 Å². The molecule has 0 spiro atoms. The van der Waals surface area contributed by atoms with Crippen molar-refractivity contribution in [1.82, 2.24) is 5.32 Å². The van der Waals surface area contributed by atoms with Crippen LogP contribution in [0.3, 0.4) is 0 Å². The van der Waals surface area contributed by atoms with Gasteiger partial charge in [-0.2, -0.15) is 0 Å². The van der Waals surface area contributed by atoms with E-state index >= 15 is 0 Å². The Morgan fingerprint density at radius 1 is 1.35 bits per heavy atom. The lowest BCUT2D eigenvalue weighted by molar-refractivity contribution is -0.139. The van der Waals surface area contributed by atoms with Crippen LogP contribution in [0.4, 0.5) is 10.5 Å². The van der Waals surface area contributed by atoms with Crippen molar-refractivity contribution in [2.24, 2.45) is 0 Å². The van der Waals surface area contributed by atoms with Gasteiger partial charge in [-0.05, 0) is 18.6 Å². The first-order valence-electron chi connectivity index (χ1n) is 6.20. The number of rotatable bonds is 6. The van der Waals surface area contributed by atoms with Gasteiger partial charge in [0.05, 0.1) is 15.7 Å². The first kappa shape index (κ1) is 16.6. The number of carboxylic acids is 1. The lowest BCUT2D eigenvalue weighted by Crippen LogP contribution is -2.43. The maximum atomic E-state index is 11.8. The second-order valence-electron chi connectivity index (χ2n) is 4.23. The Morgan fingerprint density at radius 2 is 2.05 bits per heavy atom. The minimum atomic E-state index is -1.06. The minimum Gasteiger partial charge on any atom is -0.480 e. The highest BCUT2D eigenvalue weighted by Gasteiger charge is 2.19. The van der Waals surface area contributed by atoms with E-state index in [-0.39, 0.29) is 5.02 Å². The Morgan fingerprint density at radius 3 is 2.65 bits per heavy atom. The van der Waals surface area contributed by atoms with Crippen molar-refractivity contribution in [3.63, 3.8) is 0 Å². The molecule has 20 heavy (non-hydrogen) atoms. The van der Waals surface area contributed by atoms with Gasteiger partial charge in [-0.1, -0.05) is 49.0 Å². The van der Waals surface area contributed by atoms with E-state index in [0.717, 1.165) is 12.8 Å². The molecule has 0 aliphatic heterocycles. The monoisotopic (exact) mass is 318 g/mol. The molecular formula is C13H16Cl2N2O3. The van der Waals surface area contributed by atoms with Gasteiger partial charge in [0.1, 0.15) is 6.04 Å². The van der Waals surface area contributed by atoms with Gasteiger partial charge in [0.25, 0.3) is 0 Å². The van der Waals surface area contributed by atoms with Crippen molar-refractivity contribution < 1.29 is 14.7 Å². The quantitative estimate of drug-likeness (QED) is 0.747. The van der Waals surface area contributed by atoms with E-state index in [1.165, 1.54) is 0 Å². The number of hydrogen-bond acceptors (Lipinski definition) is 2. The highest BCUT2D eigenvalue weighted by molar-refractivity contribution is 6.43. The number of anilines is 1. The molecule has 0 aliphatic carbocycles. The molecular weight excluding hydrogens is 303 g/mol. The summed E-state index contributed by atoms with van der Waals surface area (Å²) < 4.78 is 0. The van der Waals surface area contributed by atoms with E-state index in [2.05, 4.69) is 10.6 Å². The van der Waals surface area contributed by atoms with Gasteiger partial charge in [0.15, 0.2) is 0 Å². The average Bonchev–Trinajstić information content (AvgIpc) is 2.39. The van der Waals surface area contributed by atoms with Crippen molar-refractivity contribution in [1.29, 1.82) is 0 Å². The van der Waals surface area contributed by atoms with E-state index in [9.17, 15) is 9.59 Å². The van der Waals surface area contributed by atoms with Crippen LogP contribution in [0.15, 0.2) is 18.2 Å². The van der Waals surface area contributed by atoms with Gasteiger partial charge < -0.3 is 15.7 Å². The number of carbonyl (C=O) groups excluding carboxylic acids is 1. The predicted molar refractivity (Wildman–Crippen MR) is 79.6 cm³/mol. The SMILES string of the molecule is CCCC[C@H](NC(=O)Nc1cccc(Cl)c1Cl)C(=O)O. The van der Waals surface area contributed by atoms with Crippen molar-refractivity contribution in [3.05, 3.63) is 28.2 Å². The van der Waals surface area contributed by atoms with E-state index in [1.54, 1.807) is 18.2 Å². The fraction of sp³-hybridized carbons (Fsp3) is 0.385. The summed E-state index contributed by atoms with van der Waals surface area (Å²) in [7, 11) is 0. The lowest BCUT2D eigenvalue weighted by Gasteiger charge is -2.15. The summed E-state index contributed by atoms with van der Waals surface area (Å²) in [6.45, 7) is 1.95. The summed E-state index contributed by atoms with van der Waals surface area (Å²) in [5.74, 6) is -1.06. The highest BCUT2D eigenvalue weighted by Crippen LogP contribution is 2.29. The molecule has 7 heteroatoms. The molecule has 2 amide bonds. The first-order chi connectivity index (χ1) is 9.45. The number of urea groups is 1. The van der Waals surface area contributed by atoms with Gasteiger partial charge in [-0.15, -0.1) is 0 Å². The number of hydrogen-bond donors (Lipinski definition) is 3. The molecule has 3 N–H and O–H groups in total. The fourth-order valence-corrected chi connectivity index (χ4v) is 1.93. The second-order valence-corrected chi connectivity index (χ2v) is 5.02. The summed E-state index contributed by atoms with van der Waals surface area (Å²) in [6, 6.07) is 3.25. The zero-order valence-corrected chi connectivity index (χ0v) is 12.5. The standard InChI is InChI=1S/C13H16Cl2N2O3/c1-2-3-6-10(12(18)19)17-13(20)16-9-7-4-5-8(14)11(9)15/h4-5,7,10H,2-3,6H2,1H3,(H,18,19)(H2,16,17,20)/t10-/m0/s1. The van der Waals surface area contributed by atoms with E-state index in [0.29, 0.717) is 17.1 Å². The van der Waals surface area contributed by atoms with Crippen LogP contribution in [0.25, 0.3) is 0 Å². The van der Waals surface area contributed by atoms with Crippen LogP contribution >= 0.6 is 23.2 Å². The molecule has 1 rings (SSSR count). The van der Waals surface area contributed by atoms with Gasteiger partial charge in [0.2, 0.25) is 0 Å². The first-order valence-corrected chi connectivity index (χ1v) is 6.95. The number of carboxylic acid groups (broad SMARTS) is 1. The maximum absolute atomic E-state index is 11.8. The number of halogens is 2. The molecule has 5 nitrogen and oxygen atoms in total. The highest BCUT2D eigenvalue weighted by atomic mass is 35.5. The summed E-state index contributed by atoms with van der Waals surface area (Å²) >= 11 is 11.8. The predicted octanol–water partition coefficient (Wildman–Crippen LogP) is 3.76. The zero-order chi connectivity index (χ0) is 15.1. The molecule has 0 heterocycles. The van der Waals surface area contributed by atoms with Crippen LogP contribution in [-0.2, 0) is 4.79 Å². The molecule has 110 valence electrons. The summed E-state index contributed by atoms with van der Waals surface area (Å²) in [4.78, 5) is 22.8. The number of nitrogens with one attached hydrogen (secondary N) is 2. The van der Waals surface area contributed by atoms with Crippen LogP contribution in [-0.4, -0.2) is 23.1 Å². The van der Waals surface area contributed by atoms with E-state index in [4.69, 9.17) is 28.3 Å². The van der Waals surface area contributed by atoms with Gasteiger partial charge in [-0.25, -0.2) is 9.59 Å². The molecule has 0 saturated heterocycles. The second kappa shape index (κ2) is 7.97. The molecule has 0 radical (unpaired) electrons. The Kier molecular flexibility index (Phi) is 6.61. The fourth-order valence-electron chi connectivity index (χ4n) is 1.58. The minimum absolute atomic E-state index is 0.213. The van der Waals surface area contributed by atoms with Crippen LogP contribution in [0, 0.1) is 0 Å². The molecule has 0 aromatic heterocycles. The topological polar surface area (TPSA) is 78.4 Å². The van der Waals surface area contributed by atoms with Crippen LogP contribution < -0.4 is 10.6 Å². The molecule has 0 aliphatic rings. The van der Waals surface area contributed by atoms with Crippen LogP contribution in [0.2, 0.25) is 10.0 Å². The Balaban J connectivity index is 2.66. The summed E-state index contributed by atoms with van der Waals surface area (Å²) in [5.41, 5.74) is 0.330. The Labute approximate surface area is 127 Å². The van der Waals surface area contributed by atoms with Crippen LogP contribution in [0.5, 0.6) is 0 Å². The molecule has 0 bridgehead atoms. The van der Waals surface area contributed by atoms with Gasteiger partial charge in [-0.3, -0.25) is 0 Å². The smallest absolute Gasteiger partial charge is 0.326 e. The third kappa shape index (κ3) is 4.90. The molecule has 0 saturated carbocycles. The number of carbonyl (C=O) groups is 2. The van der Waals surface area contributed by atoms with E-state index < -0.39 is 18.0 Å². The molecule has 1 aromatic rings. The number of aliphatic carboxylic acids is 1. The number of benzene rings is 1. The number of amides is 2. The maximum Gasteiger partial charge on any atom is 0.326 e. The third-order valence-corrected chi connectivity index (χ3v) is 3.47. The molecule has 0 fully saturated rings. The largest absolute Gasteiger partial charge is 0.480 e. The summed E-state index contributed by atoms with van der Waals surface area (Å²) in [5, 5.41) is 14.4. The summed E-state index contributed by atoms with van der Waals surface area (Å²) in [6.07, 6.45) is 1.95. The van der Waals surface area contributed by atoms with E-state index in [1.807, 2.05) is 6.92 Å². The van der Waals surface area contributed by atoms with Crippen LogP contribution in [0.1, 0.15) is 26.2 Å². The molecule has 1 aromatic carbocycles. The lowest BCUT2D eigenvalue weighted by atomic mass is 10.1. The molecule has 1 atom stereocenters.